The molecule has 0 spiro atoms. The number of nitrogens with zero attached hydrogens (tertiary/aromatic N) is 3. The number of imidazole rings is 1. The molecule has 0 aliphatic carbocycles. The first-order valence-electron chi connectivity index (χ1n) is 6.69. The second kappa shape index (κ2) is 6.85. The molecule has 112 valence electrons. The van der Waals surface area contributed by atoms with Crippen molar-refractivity contribution in [2.75, 3.05) is 6.54 Å². The number of aromatic nitrogens is 2. The lowest BCUT2D eigenvalue weighted by molar-refractivity contribution is -0.386. The Kier molecular flexibility index (Phi) is 4.89. The van der Waals surface area contributed by atoms with Crippen molar-refractivity contribution in [3.05, 3.63) is 52.1 Å². The molecule has 7 nitrogen and oxygen atoms in total. The summed E-state index contributed by atoms with van der Waals surface area (Å²) in [6, 6.07) is 4.99. The third kappa shape index (κ3) is 3.79. The average Bonchev–Trinajstić information content (AvgIpc) is 2.88. The fourth-order valence-electron chi connectivity index (χ4n) is 1.88. The Labute approximate surface area is 122 Å². The largest absolute Gasteiger partial charge is 0.479 e. The predicted octanol–water partition coefficient (Wildman–Crippen LogP) is 2.02. The van der Waals surface area contributed by atoms with Crippen LogP contribution >= 0.6 is 0 Å². The first kappa shape index (κ1) is 15.0. The Morgan fingerprint density at radius 1 is 1.48 bits per heavy atom. The maximum absolute atomic E-state index is 11.2. The minimum Gasteiger partial charge on any atom is -0.479 e. The quantitative estimate of drug-likeness (QED) is 0.623. The molecule has 1 aromatic heterocycles. The molecule has 1 N–H and O–H groups in total. The van der Waals surface area contributed by atoms with E-state index >= 15 is 0 Å². The van der Waals surface area contributed by atoms with Gasteiger partial charge in [0.2, 0.25) is 0 Å². The number of hydrogen-bond donors (Lipinski definition) is 1. The smallest absolute Gasteiger partial charge is 0.311 e. The van der Waals surface area contributed by atoms with Gasteiger partial charge in [-0.25, -0.2) is 4.98 Å². The summed E-state index contributed by atoms with van der Waals surface area (Å²) < 4.78 is 7.35. The maximum atomic E-state index is 11.2. The minimum atomic E-state index is -0.427. The highest BCUT2D eigenvalue weighted by molar-refractivity contribution is 5.48. The van der Waals surface area contributed by atoms with Crippen molar-refractivity contribution in [3.63, 3.8) is 0 Å². The number of nitro groups is 1. The number of nitro benzene ring substituents is 1. The number of ether oxygens (including phenoxy) is 1. The molecular weight excluding hydrogens is 272 g/mol. The van der Waals surface area contributed by atoms with Gasteiger partial charge in [-0.1, -0.05) is 13.0 Å². The normalized spacial score (nSPS) is 10.6. The van der Waals surface area contributed by atoms with Crippen LogP contribution in [0.1, 0.15) is 18.3 Å². The lowest BCUT2D eigenvalue weighted by atomic mass is 10.2. The summed E-state index contributed by atoms with van der Waals surface area (Å²) in [6.45, 7) is 3.58. The highest BCUT2D eigenvalue weighted by atomic mass is 16.6. The summed E-state index contributed by atoms with van der Waals surface area (Å²) in [5, 5.41) is 14.3. The molecule has 1 heterocycles. The van der Waals surface area contributed by atoms with Gasteiger partial charge < -0.3 is 14.6 Å². The van der Waals surface area contributed by atoms with Crippen LogP contribution in [-0.2, 0) is 20.2 Å². The zero-order valence-corrected chi connectivity index (χ0v) is 12.1. The lowest BCUT2D eigenvalue weighted by Crippen LogP contribution is -2.12. The monoisotopic (exact) mass is 290 g/mol. The molecule has 0 aliphatic rings. The average molecular weight is 290 g/mol. The van der Waals surface area contributed by atoms with Gasteiger partial charge >= 0.3 is 5.69 Å². The minimum absolute atomic E-state index is 0.0281. The molecule has 0 unspecified atom stereocenters. The van der Waals surface area contributed by atoms with Gasteiger partial charge in [-0.15, -0.1) is 0 Å². The van der Waals surface area contributed by atoms with E-state index in [0.717, 1.165) is 12.1 Å². The van der Waals surface area contributed by atoms with Crippen molar-refractivity contribution in [1.82, 2.24) is 14.9 Å². The zero-order valence-electron chi connectivity index (χ0n) is 12.1. The van der Waals surface area contributed by atoms with E-state index in [0.29, 0.717) is 12.4 Å². The SMILES string of the molecule is CCNCc1ccc(OCc2nccn2C)c([N+](=O)[O-])c1. The standard InChI is InChI=1S/C14H18N4O3/c1-3-15-9-11-4-5-13(12(8-11)18(19)20)21-10-14-16-6-7-17(14)2/h4-8,15H,3,9-10H2,1-2H3. The Balaban J connectivity index is 2.14. The van der Waals surface area contributed by atoms with Crippen LogP contribution < -0.4 is 10.1 Å². The molecular formula is C14H18N4O3. The zero-order chi connectivity index (χ0) is 15.2. The second-order valence-corrected chi connectivity index (χ2v) is 4.58. The van der Waals surface area contributed by atoms with Gasteiger partial charge in [0.1, 0.15) is 12.4 Å². The number of aryl methyl sites for hydroxylation is 1. The topological polar surface area (TPSA) is 82.2 Å². The van der Waals surface area contributed by atoms with E-state index in [9.17, 15) is 10.1 Å². The van der Waals surface area contributed by atoms with Gasteiger partial charge in [-0.05, 0) is 18.2 Å². The summed E-state index contributed by atoms with van der Waals surface area (Å²) in [7, 11) is 1.85. The van der Waals surface area contributed by atoms with Crippen LogP contribution in [0.3, 0.4) is 0 Å². The fraction of sp³-hybridized carbons (Fsp3) is 0.357. The summed E-state index contributed by atoms with van der Waals surface area (Å²) in [4.78, 5) is 14.9. The lowest BCUT2D eigenvalue weighted by Gasteiger charge is -2.08. The van der Waals surface area contributed by atoms with Crippen molar-refractivity contribution in [2.45, 2.75) is 20.1 Å². The van der Waals surface area contributed by atoms with Crippen LogP contribution in [-0.4, -0.2) is 21.0 Å². The number of nitrogens with one attached hydrogen (secondary N) is 1. The van der Waals surface area contributed by atoms with Gasteiger partial charge in [-0.3, -0.25) is 10.1 Å². The van der Waals surface area contributed by atoms with Gasteiger partial charge in [0.05, 0.1) is 4.92 Å². The molecule has 0 radical (unpaired) electrons. The van der Waals surface area contributed by atoms with Crippen molar-refractivity contribution in [2.24, 2.45) is 7.05 Å². The van der Waals surface area contributed by atoms with Gasteiger partial charge in [0, 0.05) is 32.1 Å². The van der Waals surface area contributed by atoms with E-state index in [4.69, 9.17) is 4.74 Å². The first-order valence-corrected chi connectivity index (χ1v) is 6.69. The highest BCUT2D eigenvalue weighted by Crippen LogP contribution is 2.28. The Morgan fingerprint density at radius 3 is 2.90 bits per heavy atom. The van der Waals surface area contributed by atoms with E-state index in [-0.39, 0.29) is 18.0 Å². The molecule has 0 saturated heterocycles. The third-order valence-corrected chi connectivity index (χ3v) is 3.08. The van der Waals surface area contributed by atoms with Crippen molar-refractivity contribution < 1.29 is 9.66 Å². The molecule has 0 atom stereocenters. The first-order chi connectivity index (χ1) is 10.1. The Morgan fingerprint density at radius 2 is 2.29 bits per heavy atom. The summed E-state index contributed by atoms with van der Waals surface area (Å²) in [5.41, 5.74) is 0.826. The predicted molar refractivity (Wildman–Crippen MR) is 78.0 cm³/mol. The molecule has 0 amide bonds. The van der Waals surface area contributed by atoms with Gasteiger partial charge in [-0.2, -0.15) is 0 Å². The van der Waals surface area contributed by atoms with Gasteiger partial charge in [0.15, 0.2) is 5.75 Å². The molecule has 1 aromatic carbocycles. The van der Waals surface area contributed by atoms with Gasteiger partial charge in [0.25, 0.3) is 0 Å². The van der Waals surface area contributed by atoms with Crippen LogP contribution in [0, 0.1) is 10.1 Å². The van der Waals surface area contributed by atoms with E-state index in [1.165, 1.54) is 6.07 Å². The molecule has 2 rings (SSSR count). The molecule has 0 bridgehead atoms. The number of hydrogen-bond acceptors (Lipinski definition) is 5. The molecule has 0 fully saturated rings. The highest BCUT2D eigenvalue weighted by Gasteiger charge is 2.16. The molecule has 2 aromatic rings. The number of rotatable bonds is 7. The van der Waals surface area contributed by atoms with Crippen LogP contribution in [0.5, 0.6) is 5.75 Å². The van der Waals surface area contributed by atoms with Crippen molar-refractivity contribution in [3.8, 4) is 5.75 Å². The maximum Gasteiger partial charge on any atom is 0.311 e. The Bertz CT molecular complexity index is 624. The van der Waals surface area contributed by atoms with E-state index in [2.05, 4.69) is 10.3 Å². The van der Waals surface area contributed by atoms with Crippen molar-refractivity contribution >= 4 is 5.69 Å². The molecule has 0 saturated carbocycles. The van der Waals surface area contributed by atoms with Crippen LogP contribution in [0.25, 0.3) is 0 Å². The summed E-state index contributed by atoms with van der Waals surface area (Å²) in [5.74, 6) is 0.962. The van der Waals surface area contributed by atoms with Crippen LogP contribution in [0.2, 0.25) is 0 Å². The van der Waals surface area contributed by atoms with Crippen LogP contribution in [0.15, 0.2) is 30.6 Å². The fourth-order valence-corrected chi connectivity index (χ4v) is 1.88. The molecule has 0 aliphatic heterocycles. The van der Waals surface area contributed by atoms with Crippen LogP contribution in [0.4, 0.5) is 5.69 Å². The van der Waals surface area contributed by atoms with E-state index < -0.39 is 4.92 Å². The van der Waals surface area contributed by atoms with E-state index in [1.807, 2.05) is 24.6 Å². The molecule has 21 heavy (non-hydrogen) atoms. The third-order valence-electron chi connectivity index (χ3n) is 3.08. The summed E-state index contributed by atoms with van der Waals surface area (Å²) in [6.07, 6.45) is 3.46. The second-order valence-electron chi connectivity index (χ2n) is 4.58. The molecule has 7 heteroatoms. The van der Waals surface area contributed by atoms with Crippen molar-refractivity contribution in [1.29, 1.82) is 0 Å². The summed E-state index contributed by atoms with van der Waals surface area (Å²) >= 11 is 0. The van der Waals surface area contributed by atoms with E-state index in [1.54, 1.807) is 18.5 Å². The Hall–Kier alpha value is -2.41. The number of benzene rings is 1.